The van der Waals surface area contributed by atoms with Crippen LogP contribution < -0.4 is 10.6 Å². The van der Waals surface area contributed by atoms with Gasteiger partial charge in [0, 0.05) is 12.1 Å². The first-order valence-corrected chi connectivity index (χ1v) is 6.19. The van der Waals surface area contributed by atoms with Crippen LogP contribution in [0.3, 0.4) is 0 Å². The summed E-state index contributed by atoms with van der Waals surface area (Å²) in [6, 6.07) is 0. The van der Waals surface area contributed by atoms with Gasteiger partial charge in [0.05, 0.1) is 6.10 Å². The van der Waals surface area contributed by atoms with Crippen molar-refractivity contribution in [2.45, 2.75) is 38.8 Å². The van der Waals surface area contributed by atoms with E-state index in [1.54, 1.807) is 0 Å². The summed E-state index contributed by atoms with van der Waals surface area (Å²) in [6.45, 7) is 11.2. The molecule has 2 heterocycles. The lowest BCUT2D eigenvalue weighted by Crippen LogP contribution is -2.53. The Kier molecular flexibility index (Phi) is 3.33. The Morgan fingerprint density at radius 1 is 1.53 bits per heavy atom. The zero-order valence-electron chi connectivity index (χ0n) is 10.2. The average molecular weight is 212 g/mol. The molecule has 3 unspecified atom stereocenters. The van der Waals surface area contributed by atoms with E-state index in [2.05, 4.69) is 31.4 Å². The average Bonchev–Trinajstić information content (AvgIpc) is 2.42. The van der Waals surface area contributed by atoms with Gasteiger partial charge in [-0.15, -0.1) is 0 Å². The molecular formula is C12H24N2O. The number of rotatable bonds is 4. The molecule has 2 aliphatic heterocycles. The van der Waals surface area contributed by atoms with E-state index in [9.17, 15) is 0 Å². The smallest absolute Gasteiger partial charge is 0.0726 e. The predicted octanol–water partition coefficient (Wildman–Crippen LogP) is 0.999. The van der Waals surface area contributed by atoms with E-state index in [4.69, 9.17) is 4.74 Å². The lowest BCUT2D eigenvalue weighted by atomic mass is 9.87. The largest absolute Gasteiger partial charge is 0.377 e. The second-order valence-electron chi connectivity index (χ2n) is 5.46. The minimum atomic E-state index is 0.200. The molecule has 2 rings (SSSR count). The molecule has 3 heteroatoms. The highest BCUT2D eigenvalue weighted by molar-refractivity contribution is 4.94. The van der Waals surface area contributed by atoms with Crippen molar-refractivity contribution in [3.05, 3.63) is 0 Å². The van der Waals surface area contributed by atoms with E-state index < -0.39 is 0 Å². The highest BCUT2D eigenvalue weighted by Crippen LogP contribution is 2.26. The van der Waals surface area contributed by atoms with Crippen LogP contribution in [0.4, 0.5) is 0 Å². The maximum atomic E-state index is 5.63. The summed E-state index contributed by atoms with van der Waals surface area (Å²) in [5, 5.41) is 7.04. The minimum Gasteiger partial charge on any atom is -0.377 e. The van der Waals surface area contributed by atoms with Gasteiger partial charge in [-0.25, -0.2) is 0 Å². The molecule has 0 aliphatic carbocycles. The lowest BCUT2D eigenvalue weighted by Gasteiger charge is -2.36. The minimum absolute atomic E-state index is 0.200. The summed E-state index contributed by atoms with van der Waals surface area (Å²) in [5.41, 5.74) is 0.200. The monoisotopic (exact) mass is 212 g/mol. The quantitative estimate of drug-likeness (QED) is 0.729. The van der Waals surface area contributed by atoms with E-state index >= 15 is 0 Å². The lowest BCUT2D eigenvalue weighted by molar-refractivity contribution is 0.0850. The Balaban J connectivity index is 1.76. The first-order valence-electron chi connectivity index (χ1n) is 6.19. The van der Waals surface area contributed by atoms with Crippen LogP contribution in [-0.2, 0) is 4.74 Å². The molecule has 2 N–H and O–H groups in total. The normalized spacial score (nSPS) is 39.0. The third-order valence-electron chi connectivity index (χ3n) is 4.33. The molecule has 0 bridgehead atoms. The predicted molar refractivity (Wildman–Crippen MR) is 62.0 cm³/mol. The fourth-order valence-corrected chi connectivity index (χ4v) is 2.34. The van der Waals surface area contributed by atoms with Crippen LogP contribution in [0.1, 0.15) is 27.2 Å². The van der Waals surface area contributed by atoms with Crippen molar-refractivity contribution in [2.24, 2.45) is 11.8 Å². The molecule has 0 saturated carbocycles. The van der Waals surface area contributed by atoms with Crippen molar-refractivity contribution in [1.29, 1.82) is 0 Å². The first-order chi connectivity index (χ1) is 7.12. The zero-order valence-corrected chi connectivity index (χ0v) is 10.2. The molecule has 15 heavy (non-hydrogen) atoms. The van der Waals surface area contributed by atoms with Crippen molar-refractivity contribution in [3.63, 3.8) is 0 Å². The summed E-state index contributed by atoms with van der Waals surface area (Å²) < 4.78 is 5.63. The van der Waals surface area contributed by atoms with Gasteiger partial charge in [0.25, 0.3) is 0 Å². The molecule has 2 fully saturated rings. The molecule has 2 saturated heterocycles. The number of hydrogen-bond acceptors (Lipinski definition) is 3. The van der Waals surface area contributed by atoms with E-state index in [0.29, 0.717) is 6.10 Å². The fourth-order valence-electron chi connectivity index (χ4n) is 2.34. The van der Waals surface area contributed by atoms with E-state index in [-0.39, 0.29) is 5.54 Å². The fraction of sp³-hybridized carbons (Fsp3) is 1.00. The molecule has 0 radical (unpaired) electrons. The van der Waals surface area contributed by atoms with Crippen molar-refractivity contribution in [2.75, 3.05) is 26.2 Å². The topological polar surface area (TPSA) is 33.3 Å². The summed E-state index contributed by atoms with van der Waals surface area (Å²) in [5.74, 6) is 1.65. The Hall–Kier alpha value is -0.120. The summed E-state index contributed by atoms with van der Waals surface area (Å²) in [6.07, 6.45) is 1.49. The zero-order chi connectivity index (χ0) is 10.9. The van der Waals surface area contributed by atoms with Crippen LogP contribution in [0.2, 0.25) is 0 Å². The molecule has 0 amide bonds. The number of nitrogens with one attached hydrogen (secondary N) is 2. The van der Waals surface area contributed by atoms with Gasteiger partial charge in [0.2, 0.25) is 0 Å². The van der Waals surface area contributed by atoms with Gasteiger partial charge in [-0.3, -0.25) is 0 Å². The highest BCUT2D eigenvalue weighted by Gasteiger charge is 2.37. The molecule has 3 atom stereocenters. The summed E-state index contributed by atoms with van der Waals surface area (Å²) >= 11 is 0. The molecule has 0 aromatic heterocycles. The van der Waals surface area contributed by atoms with Crippen molar-refractivity contribution >= 4 is 0 Å². The Bertz CT molecular complexity index is 218. The van der Waals surface area contributed by atoms with Crippen LogP contribution in [0.15, 0.2) is 0 Å². The van der Waals surface area contributed by atoms with Crippen LogP contribution >= 0.6 is 0 Å². The molecule has 0 spiro atoms. The summed E-state index contributed by atoms with van der Waals surface area (Å²) in [7, 11) is 0. The van der Waals surface area contributed by atoms with Crippen LogP contribution in [0, 0.1) is 11.8 Å². The third-order valence-corrected chi connectivity index (χ3v) is 4.33. The van der Waals surface area contributed by atoms with Gasteiger partial charge in [0.1, 0.15) is 0 Å². The second kappa shape index (κ2) is 4.40. The molecule has 88 valence electrons. The maximum Gasteiger partial charge on any atom is 0.0726 e. The van der Waals surface area contributed by atoms with E-state index in [0.717, 1.165) is 31.4 Å². The van der Waals surface area contributed by atoms with Crippen molar-refractivity contribution in [3.8, 4) is 0 Å². The maximum absolute atomic E-state index is 5.63. The van der Waals surface area contributed by atoms with E-state index in [1.165, 1.54) is 13.1 Å². The second-order valence-corrected chi connectivity index (χ2v) is 5.46. The third kappa shape index (κ3) is 2.35. The van der Waals surface area contributed by atoms with Crippen molar-refractivity contribution in [1.82, 2.24) is 10.6 Å². The van der Waals surface area contributed by atoms with Gasteiger partial charge in [-0.05, 0) is 51.7 Å². The number of ether oxygens (including phenoxy) is 1. The molecular weight excluding hydrogens is 188 g/mol. The van der Waals surface area contributed by atoms with Gasteiger partial charge < -0.3 is 15.4 Å². The van der Waals surface area contributed by atoms with Gasteiger partial charge >= 0.3 is 0 Å². The first kappa shape index (κ1) is 11.4. The Labute approximate surface area is 93.0 Å². The van der Waals surface area contributed by atoms with Gasteiger partial charge in [0.15, 0.2) is 0 Å². The van der Waals surface area contributed by atoms with Gasteiger partial charge in [-0.1, -0.05) is 6.92 Å². The van der Waals surface area contributed by atoms with E-state index in [1.807, 2.05) is 0 Å². The van der Waals surface area contributed by atoms with Crippen molar-refractivity contribution < 1.29 is 4.74 Å². The standard InChI is InChI=1S/C12H24N2O/c1-9(11-7-13-8-11)6-14-12(3)4-5-15-10(12)2/h9-11,13-14H,4-8H2,1-3H3. The van der Waals surface area contributed by atoms with Crippen LogP contribution in [0.5, 0.6) is 0 Å². The number of hydrogen-bond donors (Lipinski definition) is 2. The summed E-state index contributed by atoms with van der Waals surface area (Å²) in [4.78, 5) is 0. The highest BCUT2D eigenvalue weighted by atomic mass is 16.5. The molecule has 0 aromatic rings. The molecule has 3 nitrogen and oxygen atoms in total. The van der Waals surface area contributed by atoms with Crippen LogP contribution in [-0.4, -0.2) is 37.9 Å². The molecule has 2 aliphatic rings. The Morgan fingerprint density at radius 2 is 2.27 bits per heavy atom. The SMILES string of the molecule is CC(CNC1(C)CCOC1C)C1CNC1. The molecule has 0 aromatic carbocycles. The van der Waals surface area contributed by atoms with Crippen LogP contribution in [0.25, 0.3) is 0 Å². The van der Waals surface area contributed by atoms with Gasteiger partial charge in [-0.2, -0.15) is 0 Å². The Morgan fingerprint density at radius 3 is 2.73 bits per heavy atom.